The molecule has 2 heterocycles. The summed E-state index contributed by atoms with van der Waals surface area (Å²) in [5, 5.41) is 0.476. The van der Waals surface area contributed by atoms with Crippen LogP contribution in [0.4, 0.5) is 0 Å². The second kappa shape index (κ2) is 8.22. The number of carbonyl (C=O) groups is 1. The highest BCUT2D eigenvalue weighted by atomic mass is 16.5. The lowest BCUT2D eigenvalue weighted by atomic mass is 9.98. The van der Waals surface area contributed by atoms with Gasteiger partial charge in [0.2, 0.25) is 5.76 Å². The lowest BCUT2D eigenvalue weighted by molar-refractivity contribution is 0.0725. The smallest absolute Gasteiger partial charge is 0.290 e. The second-order valence-electron chi connectivity index (χ2n) is 7.27. The Labute approximate surface area is 175 Å². The molecule has 0 saturated heterocycles. The van der Waals surface area contributed by atoms with Gasteiger partial charge in [-0.05, 0) is 43.2 Å². The number of benzene rings is 2. The standard InChI is InChI=1S/C24H25NO5/c1-4-6-13-25-21(15-11-12-18(29-5-2)19(14-15)28-3)20-22(26)16-9-7-8-10-17(16)30-23(20)24(25)27/h7-12,14,21H,4-6,13H2,1-3H3. The maximum absolute atomic E-state index is 13.4. The van der Waals surface area contributed by atoms with Gasteiger partial charge in [0.15, 0.2) is 16.9 Å². The van der Waals surface area contributed by atoms with Gasteiger partial charge in [-0.3, -0.25) is 9.59 Å². The normalized spacial score (nSPS) is 15.5. The van der Waals surface area contributed by atoms with Crippen molar-refractivity contribution in [3.8, 4) is 11.5 Å². The lowest BCUT2D eigenvalue weighted by Gasteiger charge is -2.25. The molecule has 0 spiro atoms. The monoisotopic (exact) mass is 407 g/mol. The SMILES string of the molecule is CCCCN1C(=O)c2oc3ccccc3c(=O)c2C1c1ccc(OCC)c(OC)c1. The Morgan fingerprint density at radius 1 is 1.07 bits per heavy atom. The van der Waals surface area contributed by atoms with Crippen LogP contribution in [0, 0.1) is 0 Å². The summed E-state index contributed by atoms with van der Waals surface area (Å²) in [4.78, 5) is 28.4. The molecule has 3 aromatic rings. The van der Waals surface area contributed by atoms with Crippen LogP contribution in [-0.4, -0.2) is 31.1 Å². The number of hydrogen-bond acceptors (Lipinski definition) is 5. The molecule has 30 heavy (non-hydrogen) atoms. The van der Waals surface area contributed by atoms with E-state index in [4.69, 9.17) is 13.9 Å². The quantitative estimate of drug-likeness (QED) is 0.575. The van der Waals surface area contributed by atoms with Crippen LogP contribution in [0.25, 0.3) is 11.0 Å². The molecule has 6 heteroatoms. The summed E-state index contributed by atoms with van der Waals surface area (Å²) in [6.45, 7) is 5.02. The molecule has 0 radical (unpaired) electrons. The van der Waals surface area contributed by atoms with Crippen molar-refractivity contribution in [2.45, 2.75) is 32.7 Å². The minimum absolute atomic E-state index is 0.132. The fourth-order valence-corrected chi connectivity index (χ4v) is 4.00. The summed E-state index contributed by atoms with van der Waals surface area (Å²) in [7, 11) is 1.58. The van der Waals surface area contributed by atoms with Crippen molar-refractivity contribution in [3.05, 3.63) is 69.6 Å². The Hall–Kier alpha value is -3.28. The number of fused-ring (bicyclic) bond motifs is 2. The van der Waals surface area contributed by atoms with E-state index in [-0.39, 0.29) is 17.1 Å². The lowest BCUT2D eigenvalue weighted by Crippen LogP contribution is -2.30. The van der Waals surface area contributed by atoms with Gasteiger partial charge in [0, 0.05) is 6.54 Å². The van der Waals surface area contributed by atoms with Gasteiger partial charge in [0.1, 0.15) is 5.58 Å². The molecule has 1 atom stereocenters. The fourth-order valence-electron chi connectivity index (χ4n) is 4.00. The van der Waals surface area contributed by atoms with Crippen molar-refractivity contribution in [1.29, 1.82) is 0 Å². The van der Waals surface area contributed by atoms with E-state index in [0.717, 1.165) is 18.4 Å². The summed E-state index contributed by atoms with van der Waals surface area (Å²) < 4.78 is 17.1. The van der Waals surface area contributed by atoms with Gasteiger partial charge in [0.05, 0.1) is 30.7 Å². The number of nitrogens with zero attached hydrogens (tertiary/aromatic N) is 1. The zero-order valence-corrected chi connectivity index (χ0v) is 17.4. The maximum Gasteiger partial charge on any atom is 0.290 e. The Morgan fingerprint density at radius 2 is 1.87 bits per heavy atom. The molecule has 1 aromatic heterocycles. The summed E-state index contributed by atoms with van der Waals surface area (Å²) in [6, 6.07) is 12.1. The number of unbranched alkanes of at least 4 members (excludes halogenated alkanes) is 1. The van der Waals surface area contributed by atoms with E-state index in [1.165, 1.54) is 0 Å². The number of ether oxygens (including phenoxy) is 2. The number of carbonyl (C=O) groups excluding carboxylic acids is 1. The minimum atomic E-state index is -0.524. The first-order valence-electron chi connectivity index (χ1n) is 10.3. The van der Waals surface area contributed by atoms with Gasteiger partial charge in [-0.15, -0.1) is 0 Å². The van der Waals surface area contributed by atoms with E-state index in [2.05, 4.69) is 6.92 Å². The largest absolute Gasteiger partial charge is 0.493 e. The molecular formula is C24H25NO5. The molecule has 0 bridgehead atoms. The maximum atomic E-state index is 13.4. The van der Waals surface area contributed by atoms with Gasteiger partial charge < -0.3 is 18.8 Å². The van der Waals surface area contributed by atoms with Gasteiger partial charge in [0.25, 0.3) is 5.91 Å². The van der Waals surface area contributed by atoms with Crippen molar-refractivity contribution in [3.63, 3.8) is 0 Å². The second-order valence-corrected chi connectivity index (χ2v) is 7.27. The fraction of sp³-hybridized carbons (Fsp3) is 0.333. The number of hydrogen-bond donors (Lipinski definition) is 0. The molecule has 1 amide bonds. The summed E-state index contributed by atoms with van der Waals surface area (Å²) in [5.41, 5.74) is 1.44. The summed E-state index contributed by atoms with van der Waals surface area (Å²) in [5.74, 6) is 1.07. The van der Waals surface area contributed by atoms with E-state index >= 15 is 0 Å². The van der Waals surface area contributed by atoms with E-state index in [1.807, 2.05) is 25.1 Å². The third-order valence-electron chi connectivity index (χ3n) is 5.43. The summed E-state index contributed by atoms with van der Waals surface area (Å²) >= 11 is 0. The van der Waals surface area contributed by atoms with E-state index in [0.29, 0.717) is 41.2 Å². The third kappa shape index (κ3) is 3.22. The minimum Gasteiger partial charge on any atom is -0.493 e. The third-order valence-corrected chi connectivity index (χ3v) is 5.43. The molecule has 4 rings (SSSR count). The Morgan fingerprint density at radius 3 is 2.60 bits per heavy atom. The Bertz CT molecular complexity index is 1150. The highest BCUT2D eigenvalue weighted by Crippen LogP contribution is 2.41. The van der Waals surface area contributed by atoms with E-state index < -0.39 is 6.04 Å². The van der Waals surface area contributed by atoms with Crippen molar-refractivity contribution < 1.29 is 18.7 Å². The molecule has 0 N–H and O–H groups in total. The van der Waals surface area contributed by atoms with Gasteiger partial charge >= 0.3 is 0 Å². The molecule has 1 aliphatic rings. The first-order valence-corrected chi connectivity index (χ1v) is 10.3. The zero-order chi connectivity index (χ0) is 21.3. The van der Waals surface area contributed by atoms with Crippen LogP contribution < -0.4 is 14.9 Å². The molecule has 1 aliphatic heterocycles. The topological polar surface area (TPSA) is 69.0 Å². The van der Waals surface area contributed by atoms with Crippen LogP contribution in [0.15, 0.2) is 51.7 Å². The molecule has 0 saturated carbocycles. The molecule has 0 fully saturated rings. The van der Waals surface area contributed by atoms with Crippen molar-refractivity contribution in [2.75, 3.05) is 20.3 Å². The number of para-hydroxylation sites is 1. The van der Waals surface area contributed by atoms with Crippen LogP contribution in [0.3, 0.4) is 0 Å². The molecule has 156 valence electrons. The highest BCUT2D eigenvalue weighted by molar-refractivity contribution is 5.99. The van der Waals surface area contributed by atoms with Crippen LogP contribution in [0.2, 0.25) is 0 Å². The molecule has 2 aromatic carbocycles. The highest BCUT2D eigenvalue weighted by Gasteiger charge is 2.42. The van der Waals surface area contributed by atoms with Gasteiger partial charge in [-0.2, -0.15) is 0 Å². The van der Waals surface area contributed by atoms with E-state index in [9.17, 15) is 9.59 Å². The molecule has 6 nitrogen and oxygen atoms in total. The average Bonchev–Trinajstić information content (AvgIpc) is 3.05. The van der Waals surface area contributed by atoms with Crippen LogP contribution >= 0.6 is 0 Å². The molecular weight excluding hydrogens is 382 g/mol. The zero-order valence-electron chi connectivity index (χ0n) is 17.4. The van der Waals surface area contributed by atoms with Crippen molar-refractivity contribution in [2.24, 2.45) is 0 Å². The predicted molar refractivity (Wildman–Crippen MR) is 114 cm³/mol. The first-order chi connectivity index (χ1) is 14.6. The predicted octanol–water partition coefficient (Wildman–Crippen LogP) is 4.55. The van der Waals surface area contributed by atoms with E-state index in [1.54, 1.807) is 36.3 Å². The Balaban J connectivity index is 1.92. The average molecular weight is 407 g/mol. The molecule has 1 unspecified atom stereocenters. The number of amides is 1. The summed E-state index contributed by atoms with van der Waals surface area (Å²) in [6.07, 6.45) is 1.76. The van der Waals surface area contributed by atoms with Gasteiger partial charge in [-0.25, -0.2) is 0 Å². The Kier molecular flexibility index (Phi) is 5.48. The number of methoxy groups -OCH3 is 1. The van der Waals surface area contributed by atoms with Crippen LogP contribution in [0.5, 0.6) is 11.5 Å². The first kappa shape index (κ1) is 20.0. The van der Waals surface area contributed by atoms with Crippen LogP contribution in [0.1, 0.15) is 54.4 Å². The van der Waals surface area contributed by atoms with Crippen LogP contribution in [-0.2, 0) is 0 Å². The number of rotatable bonds is 7. The van der Waals surface area contributed by atoms with Crippen molar-refractivity contribution >= 4 is 16.9 Å². The molecule has 0 aliphatic carbocycles. The van der Waals surface area contributed by atoms with Gasteiger partial charge in [-0.1, -0.05) is 31.5 Å². The van der Waals surface area contributed by atoms with Crippen molar-refractivity contribution in [1.82, 2.24) is 4.90 Å².